The van der Waals surface area contributed by atoms with Gasteiger partial charge in [-0.2, -0.15) is 0 Å². The predicted molar refractivity (Wildman–Crippen MR) is 111 cm³/mol. The Kier molecular flexibility index (Phi) is 5.97. The molecule has 138 valence electrons. The van der Waals surface area contributed by atoms with Crippen molar-refractivity contribution in [3.63, 3.8) is 0 Å². The molecule has 3 nitrogen and oxygen atoms in total. The highest BCUT2D eigenvalue weighted by molar-refractivity contribution is 7.79. The molecule has 0 aromatic heterocycles. The van der Waals surface area contributed by atoms with Gasteiger partial charge < -0.3 is 5.11 Å². The number of carbonyl (C=O) groups excluding carboxylic acids is 1. The summed E-state index contributed by atoms with van der Waals surface area (Å²) in [6, 6.07) is 13.2. The summed E-state index contributed by atoms with van der Waals surface area (Å²) in [5, 5.41) is 9.32. The molecule has 0 bridgehead atoms. The fraction of sp³-hybridized carbons (Fsp3) is 0.217. The molecule has 0 fully saturated rings. The minimum Gasteiger partial charge on any atom is -0.478 e. The quantitative estimate of drug-likeness (QED) is 0.454. The third-order valence-corrected chi connectivity index (χ3v) is 6.17. The number of carboxylic acids is 1. The molecule has 1 aliphatic carbocycles. The van der Waals surface area contributed by atoms with Crippen molar-refractivity contribution in [1.29, 1.82) is 0 Å². The predicted octanol–water partition coefficient (Wildman–Crippen LogP) is 4.57. The minimum atomic E-state index is -1.02. The Hall–Kier alpha value is -2.59. The number of allylic oxidation sites excluding steroid dienone is 3. The smallest absolute Gasteiger partial charge is 0.335 e. The molecular formula is C23H23O3S+. The lowest BCUT2D eigenvalue weighted by Crippen LogP contribution is -2.22. The Morgan fingerprint density at radius 1 is 1.15 bits per heavy atom. The molecule has 1 atom stereocenters. The number of carboxylic acid groups (broad SMARTS) is 1. The van der Waals surface area contributed by atoms with Crippen LogP contribution < -0.4 is 0 Å². The van der Waals surface area contributed by atoms with E-state index < -0.39 is 5.97 Å². The monoisotopic (exact) mass is 379 g/mol. The summed E-state index contributed by atoms with van der Waals surface area (Å²) >= 11 is 1.09. The van der Waals surface area contributed by atoms with Gasteiger partial charge in [0.1, 0.15) is 0 Å². The highest BCUT2D eigenvalue weighted by Gasteiger charge is 2.30. The number of benzene rings is 2. The molecule has 0 spiro atoms. The van der Waals surface area contributed by atoms with E-state index in [0.29, 0.717) is 5.56 Å². The number of thiol groups is 1. The number of Topliss-reactive ketones (excluding diaryl/α,β-unsaturated/α-hetero) is 1. The van der Waals surface area contributed by atoms with Crippen molar-refractivity contribution >= 4 is 23.5 Å². The van der Waals surface area contributed by atoms with Crippen LogP contribution in [0.2, 0.25) is 0 Å². The first-order valence-electron chi connectivity index (χ1n) is 9.04. The maximum Gasteiger partial charge on any atom is 0.335 e. The van der Waals surface area contributed by atoms with E-state index >= 15 is 0 Å². The van der Waals surface area contributed by atoms with Gasteiger partial charge in [0.2, 0.25) is 0 Å². The summed E-state index contributed by atoms with van der Waals surface area (Å²) in [6.07, 6.45) is 7.67. The van der Waals surface area contributed by atoms with Crippen molar-refractivity contribution in [3.05, 3.63) is 88.5 Å². The van der Waals surface area contributed by atoms with Gasteiger partial charge in [0.25, 0.3) is 0 Å². The molecule has 0 saturated heterocycles. The van der Waals surface area contributed by atoms with Crippen molar-refractivity contribution in [2.75, 3.05) is 0 Å². The average Bonchev–Trinajstić information content (AvgIpc) is 2.68. The number of rotatable bonds is 6. The van der Waals surface area contributed by atoms with E-state index in [9.17, 15) is 14.7 Å². The van der Waals surface area contributed by atoms with Crippen LogP contribution in [0, 0.1) is 6.92 Å². The molecule has 2 aromatic rings. The molecule has 0 heterocycles. The number of carbonyl (C=O) groups is 2. The lowest BCUT2D eigenvalue weighted by Gasteiger charge is -2.16. The highest BCUT2D eigenvalue weighted by atomic mass is 32.2. The van der Waals surface area contributed by atoms with Gasteiger partial charge in [0.05, 0.1) is 11.1 Å². The summed E-state index contributed by atoms with van der Waals surface area (Å²) < 4.78 is 0. The summed E-state index contributed by atoms with van der Waals surface area (Å²) in [7, 11) is 0. The third kappa shape index (κ3) is 4.40. The van der Waals surface area contributed by atoms with Gasteiger partial charge in [0, 0.05) is 23.7 Å². The van der Waals surface area contributed by atoms with Crippen LogP contribution in [0.15, 0.2) is 71.2 Å². The van der Waals surface area contributed by atoms with E-state index in [4.69, 9.17) is 0 Å². The first-order valence-corrected chi connectivity index (χ1v) is 10.0. The van der Waals surface area contributed by atoms with E-state index in [1.54, 1.807) is 6.07 Å². The fourth-order valence-corrected chi connectivity index (χ4v) is 4.37. The Bertz CT molecular complexity index is 923. The number of hydrogen-bond donors (Lipinski definition) is 1. The summed E-state index contributed by atoms with van der Waals surface area (Å²) in [5.41, 5.74) is 3.44. The van der Waals surface area contributed by atoms with Gasteiger partial charge >= 0.3 is 5.97 Å². The topological polar surface area (TPSA) is 54.4 Å². The fourth-order valence-electron chi connectivity index (χ4n) is 3.12. The Balaban J connectivity index is 1.87. The second kappa shape index (κ2) is 8.40. The molecule has 0 amide bonds. The van der Waals surface area contributed by atoms with E-state index in [2.05, 4.69) is 37.3 Å². The summed E-state index contributed by atoms with van der Waals surface area (Å²) in [5.74, 6) is -1.10. The first kappa shape index (κ1) is 19.2. The Morgan fingerprint density at radius 3 is 2.56 bits per heavy atom. The molecule has 3 rings (SSSR count). The summed E-state index contributed by atoms with van der Waals surface area (Å²) in [6.45, 7) is 3.97. The van der Waals surface area contributed by atoms with Crippen LogP contribution in [0.3, 0.4) is 0 Å². The molecule has 0 saturated carbocycles. The molecule has 2 aromatic carbocycles. The molecule has 27 heavy (non-hydrogen) atoms. The van der Waals surface area contributed by atoms with Crippen LogP contribution in [0.25, 0.3) is 0 Å². The van der Waals surface area contributed by atoms with E-state index in [1.165, 1.54) is 22.6 Å². The standard InChI is InChI=1S/C23H22O3S/c1-3-16-9-12-18(13-10-16)27-21-7-5-4-6-19(21)22(24)20-14-17(23(25)26)11-8-15(20)2/h4-6,8-14,21H,3,7H2,1-2H3,(H,25,26)/p+1. The van der Waals surface area contributed by atoms with Gasteiger partial charge in [-0.3, -0.25) is 4.79 Å². The van der Waals surface area contributed by atoms with Gasteiger partial charge in [-0.1, -0.05) is 43.4 Å². The van der Waals surface area contributed by atoms with Crippen molar-refractivity contribution in [1.82, 2.24) is 0 Å². The van der Waals surface area contributed by atoms with Crippen molar-refractivity contribution < 1.29 is 14.7 Å². The molecule has 0 aliphatic heterocycles. The third-order valence-electron chi connectivity index (χ3n) is 4.77. The van der Waals surface area contributed by atoms with Gasteiger partial charge in [-0.15, -0.1) is 0 Å². The van der Waals surface area contributed by atoms with Crippen LogP contribution in [0.4, 0.5) is 0 Å². The normalized spacial score (nSPS) is 16.1. The molecule has 1 N–H and O–H groups in total. The second-order valence-corrected chi connectivity index (χ2v) is 8.01. The van der Waals surface area contributed by atoms with Crippen LogP contribution in [-0.4, -0.2) is 22.1 Å². The van der Waals surface area contributed by atoms with Crippen molar-refractivity contribution in [3.8, 4) is 0 Å². The number of aryl methyl sites for hydroxylation is 2. The Labute approximate surface area is 163 Å². The second-order valence-electron chi connectivity index (χ2n) is 6.61. The molecule has 4 heteroatoms. The lowest BCUT2D eigenvalue weighted by molar-refractivity contribution is 0.0697. The largest absolute Gasteiger partial charge is 0.478 e. The van der Waals surface area contributed by atoms with Gasteiger partial charge in [-0.05, 0) is 48.7 Å². The van der Waals surface area contributed by atoms with Crippen LogP contribution in [0.1, 0.15) is 45.2 Å². The maximum absolute atomic E-state index is 13.2. The van der Waals surface area contributed by atoms with Gasteiger partial charge in [-0.25, -0.2) is 4.79 Å². The SMILES string of the molecule is CCc1ccc([SH+]C2CC=CC=C2C(=O)c2cc(C(=O)O)ccc2C)cc1. The molecule has 1 aliphatic rings. The van der Waals surface area contributed by atoms with E-state index in [1.807, 2.05) is 19.1 Å². The molecule has 1 unspecified atom stereocenters. The first-order chi connectivity index (χ1) is 13.0. The van der Waals surface area contributed by atoms with Crippen LogP contribution in [0.5, 0.6) is 0 Å². The summed E-state index contributed by atoms with van der Waals surface area (Å²) in [4.78, 5) is 25.7. The minimum absolute atomic E-state index is 0.0721. The zero-order valence-electron chi connectivity index (χ0n) is 15.5. The zero-order valence-corrected chi connectivity index (χ0v) is 16.4. The van der Waals surface area contributed by atoms with E-state index in [0.717, 1.165) is 35.7 Å². The van der Waals surface area contributed by atoms with Crippen LogP contribution in [-0.2, 0) is 18.2 Å². The van der Waals surface area contributed by atoms with Gasteiger partial charge in [0.15, 0.2) is 15.9 Å². The number of ketones is 1. The maximum atomic E-state index is 13.2. The Morgan fingerprint density at radius 2 is 1.89 bits per heavy atom. The van der Waals surface area contributed by atoms with Crippen LogP contribution >= 0.6 is 0 Å². The highest BCUT2D eigenvalue weighted by Crippen LogP contribution is 2.26. The van der Waals surface area contributed by atoms with Crippen molar-refractivity contribution in [2.45, 2.75) is 36.8 Å². The van der Waals surface area contributed by atoms with E-state index in [-0.39, 0.29) is 16.6 Å². The lowest BCUT2D eigenvalue weighted by atomic mass is 9.92. The average molecular weight is 380 g/mol. The van der Waals surface area contributed by atoms with Crippen molar-refractivity contribution in [2.24, 2.45) is 0 Å². The molecule has 0 radical (unpaired) electrons. The zero-order chi connectivity index (χ0) is 19.4. The number of hydrogen-bond acceptors (Lipinski definition) is 2. The number of aromatic carboxylic acids is 1. The molecular weight excluding hydrogens is 356 g/mol.